The van der Waals surface area contributed by atoms with Crippen LogP contribution < -0.4 is 10.6 Å². The van der Waals surface area contributed by atoms with Gasteiger partial charge in [-0.05, 0) is 34.7 Å². The number of nitrogens with zero attached hydrogens (tertiary/aromatic N) is 4. The molecule has 0 radical (unpaired) electrons. The van der Waals surface area contributed by atoms with Crippen LogP contribution in [0, 0.1) is 0 Å². The number of halogens is 1. The highest BCUT2D eigenvalue weighted by molar-refractivity contribution is 7.99. The van der Waals surface area contributed by atoms with Gasteiger partial charge in [0.25, 0.3) is 0 Å². The minimum absolute atomic E-state index is 0.260. The summed E-state index contributed by atoms with van der Waals surface area (Å²) in [5.41, 5.74) is 0.692. The van der Waals surface area contributed by atoms with E-state index in [9.17, 15) is 4.79 Å². The molecule has 0 unspecified atom stereocenters. The van der Waals surface area contributed by atoms with Gasteiger partial charge in [0, 0.05) is 30.1 Å². The van der Waals surface area contributed by atoms with Crippen molar-refractivity contribution in [2.75, 3.05) is 17.6 Å². The van der Waals surface area contributed by atoms with Gasteiger partial charge in [-0.3, -0.25) is 0 Å². The highest BCUT2D eigenvalue weighted by Gasteiger charge is 2.04. The Kier molecular flexibility index (Phi) is 5.19. The van der Waals surface area contributed by atoms with E-state index in [1.807, 2.05) is 0 Å². The molecule has 0 spiro atoms. The van der Waals surface area contributed by atoms with Gasteiger partial charge in [0.1, 0.15) is 0 Å². The van der Waals surface area contributed by atoms with E-state index in [-0.39, 0.29) is 6.03 Å². The van der Waals surface area contributed by atoms with Gasteiger partial charge in [-0.15, -0.1) is 5.10 Å². The smallest absolute Gasteiger partial charge is 0.319 e. The number of hydrogen-bond donors (Lipinski definition) is 2. The number of aromatic nitrogens is 4. The van der Waals surface area contributed by atoms with Crippen LogP contribution in [-0.4, -0.2) is 38.5 Å². The van der Waals surface area contributed by atoms with Crippen molar-refractivity contribution in [3.05, 3.63) is 29.3 Å². The van der Waals surface area contributed by atoms with Gasteiger partial charge in [-0.2, -0.15) is 0 Å². The molecule has 1 aromatic carbocycles. The Bertz CT molecular complexity index is 573. The summed E-state index contributed by atoms with van der Waals surface area (Å²) in [6.07, 6.45) is 0. The maximum atomic E-state index is 11.6. The Labute approximate surface area is 125 Å². The van der Waals surface area contributed by atoms with Crippen LogP contribution >= 0.6 is 23.4 Å². The number of rotatable bonds is 5. The predicted octanol–water partition coefficient (Wildman–Crippen LogP) is 1.78. The number of carbonyl (C=O) groups excluding carboxylic acids is 1. The van der Waals surface area contributed by atoms with Crippen molar-refractivity contribution in [2.45, 2.75) is 5.16 Å². The summed E-state index contributed by atoms with van der Waals surface area (Å²) >= 11 is 7.23. The normalized spacial score (nSPS) is 10.3. The fraction of sp³-hybridized carbons (Fsp3) is 0.273. The minimum atomic E-state index is -0.260. The molecule has 0 atom stereocenters. The van der Waals surface area contributed by atoms with Crippen LogP contribution in [0.1, 0.15) is 0 Å². The lowest BCUT2D eigenvalue weighted by Crippen LogP contribution is -2.30. The van der Waals surface area contributed by atoms with E-state index >= 15 is 0 Å². The van der Waals surface area contributed by atoms with Crippen LogP contribution in [0.25, 0.3) is 0 Å². The maximum absolute atomic E-state index is 11.6. The third kappa shape index (κ3) is 4.39. The maximum Gasteiger partial charge on any atom is 0.319 e. The van der Waals surface area contributed by atoms with Crippen molar-refractivity contribution in [1.29, 1.82) is 0 Å². The van der Waals surface area contributed by atoms with Crippen molar-refractivity contribution >= 4 is 35.1 Å². The summed E-state index contributed by atoms with van der Waals surface area (Å²) in [5.74, 6) is 0.683. The first-order valence-electron chi connectivity index (χ1n) is 5.81. The summed E-state index contributed by atoms with van der Waals surface area (Å²) in [5, 5.41) is 17.9. The van der Waals surface area contributed by atoms with Gasteiger partial charge in [-0.1, -0.05) is 23.4 Å². The zero-order chi connectivity index (χ0) is 14.4. The number of nitrogens with one attached hydrogen (secondary N) is 2. The second kappa shape index (κ2) is 7.11. The molecule has 0 saturated heterocycles. The van der Waals surface area contributed by atoms with E-state index in [1.165, 1.54) is 11.8 Å². The van der Waals surface area contributed by atoms with E-state index in [4.69, 9.17) is 11.6 Å². The van der Waals surface area contributed by atoms with Gasteiger partial charge in [-0.25, -0.2) is 9.48 Å². The number of tetrazole rings is 1. The molecular weight excluding hydrogens is 300 g/mol. The molecule has 0 saturated carbocycles. The van der Waals surface area contributed by atoms with Gasteiger partial charge in [0.2, 0.25) is 5.16 Å². The molecular formula is C11H13ClN6OS. The molecule has 1 aromatic heterocycles. The summed E-state index contributed by atoms with van der Waals surface area (Å²) in [7, 11) is 1.77. The van der Waals surface area contributed by atoms with Crippen molar-refractivity contribution in [2.24, 2.45) is 7.05 Å². The Morgan fingerprint density at radius 1 is 1.40 bits per heavy atom. The summed E-state index contributed by atoms with van der Waals surface area (Å²) in [6.45, 7) is 0.511. The molecule has 1 heterocycles. The van der Waals surface area contributed by atoms with Crippen LogP contribution in [0.4, 0.5) is 10.5 Å². The first kappa shape index (κ1) is 14.6. The average Bonchev–Trinajstić information content (AvgIpc) is 2.83. The fourth-order valence-electron chi connectivity index (χ4n) is 1.36. The summed E-state index contributed by atoms with van der Waals surface area (Å²) < 4.78 is 1.58. The highest BCUT2D eigenvalue weighted by Crippen LogP contribution is 2.13. The summed E-state index contributed by atoms with van der Waals surface area (Å²) in [6, 6.07) is 6.65. The van der Waals surface area contributed by atoms with Gasteiger partial charge in [0.05, 0.1) is 0 Å². The third-order valence-electron chi connectivity index (χ3n) is 2.30. The lowest BCUT2D eigenvalue weighted by molar-refractivity contribution is 0.252. The number of hydrogen-bond acceptors (Lipinski definition) is 5. The van der Waals surface area contributed by atoms with Crippen LogP contribution in [0.5, 0.6) is 0 Å². The van der Waals surface area contributed by atoms with Gasteiger partial charge < -0.3 is 10.6 Å². The average molecular weight is 313 g/mol. The number of thioether (sulfide) groups is 1. The van der Waals surface area contributed by atoms with Crippen molar-refractivity contribution < 1.29 is 4.79 Å². The molecule has 0 aliphatic rings. The number of aryl methyl sites for hydroxylation is 1. The van der Waals surface area contributed by atoms with Crippen molar-refractivity contribution in [3.63, 3.8) is 0 Å². The Balaban J connectivity index is 1.68. The van der Waals surface area contributed by atoms with E-state index in [0.29, 0.717) is 28.2 Å². The second-order valence-electron chi connectivity index (χ2n) is 3.82. The molecule has 0 fully saturated rings. The van der Waals surface area contributed by atoms with Crippen LogP contribution in [0.3, 0.4) is 0 Å². The number of carbonyl (C=O) groups is 1. The van der Waals surface area contributed by atoms with Gasteiger partial charge in [0.15, 0.2) is 0 Å². The Hall–Kier alpha value is -1.80. The lowest BCUT2D eigenvalue weighted by Gasteiger charge is -2.07. The zero-order valence-corrected chi connectivity index (χ0v) is 12.3. The fourth-order valence-corrected chi connectivity index (χ4v) is 2.19. The molecule has 0 aliphatic carbocycles. The molecule has 7 nitrogen and oxygen atoms in total. The van der Waals surface area contributed by atoms with Gasteiger partial charge >= 0.3 is 6.03 Å². The van der Waals surface area contributed by atoms with E-state index in [1.54, 1.807) is 36.0 Å². The molecule has 0 bridgehead atoms. The van der Waals surface area contributed by atoms with Crippen LogP contribution in [0.15, 0.2) is 29.4 Å². The molecule has 2 rings (SSSR count). The monoisotopic (exact) mass is 312 g/mol. The molecule has 2 aromatic rings. The van der Waals surface area contributed by atoms with Crippen LogP contribution in [-0.2, 0) is 7.05 Å². The molecule has 9 heteroatoms. The standard InChI is InChI=1S/C11H13ClN6OS/c1-18-11(15-16-17-18)20-7-6-13-10(19)14-9-4-2-8(12)3-5-9/h2-5H,6-7H2,1H3,(H2,13,14,19). The molecule has 2 amide bonds. The lowest BCUT2D eigenvalue weighted by atomic mass is 10.3. The summed E-state index contributed by atoms with van der Waals surface area (Å²) in [4.78, 5) is 11.6. The molecule has 106 valence electrons. The number of benzene rings is 1. The predicted molar refractivity (Wildman–Crippen MR) is 78.0 cm³/mol. The Morgan fingerprint density at radius 3 is 2.80 bits per heavy atom. The molecule has 0 aliphatic heterocycles. The Morgan fingerprint density at radius 2 is 2.15 bits per heavy atom. The van der Waals surface area contributed by atoms with E-state index in [2.05, 4.69) is 26.2 Å². The minimum Gasteiger partial charge on any atom is -0.337 e. The topological polar surface area (TPSA) is 84.7 Å². The SMILES string of the molecule is Cn1nnnc1SCCNC(=O)Nc1ccc(Cl)cc1. The van der Waals surface area contributed by atoms with E-state index < -0.39 is 0 Å². The first-order chi connectivity index (χ1) is 9.65. The molecule has 2 N–H and O–H groups in total. The zero-order valence-electron chi connectivity index (χ0n) is 10.7. The first-order valence-corrected chi connectivity index (χ1v) is 7.17. The van der Waals surface area contributed by atoms with Crippen molar-refractivity contribution in [1.82, 2.24) is 25.5 Å². The van der Waals surface area contributed by atoms with Crippen molar-refractivity contribution in [3.8, 4) is 0 Å². The number of urea groups is 1. The quantitative estimate of drug-likeness (QED) is 0.649. The van der Waals surface area contributed by atoms with Crippen LogP contribution in [0.2, 0.25) is 5.02 Å². The number of anilines is 1. The highest BCUT2D eigenvalue weighted by atomic mass is 35.5. The second-order valence-corrected chi connectivity index (χ2v) is 5.32. The number of amides is 2. The molecule has 20 heavy (non-hydrogen) atoms. The largest absolute Gasteiger partial charge is 0.337 e. The third-order valence-corrected chi connectivity index (χ3v) is 3.57. The van der Waals surface area contributed by atoms with E-state index in [0.717, 1.165) is 0 Å².